The third-order valence-corrected chi connectivity index (χ3v) is 3.35. The van der Waals surface area contributed by atoms with Crippen molar-refractivity contribution in [1.82, 2.24) is 0 Å². The van der Waals surface area contributed by atoms with Gasteiger partial charge in [0.05, 0.1) is 6.10 Å². The van der Waals surface area contributed by atoms with Gasteiger partial charge in [-0.3, -0.25) is 0 Å². The second-order valence-corrected chi connectivity index (χ2v) is 4.91. The van der Waals surface area contributed by atoms with E-state index >= 15 is 0 Å². The van der Waals surface area contributed by atoms with Crippen LogP contribution in [0, 0.1) is 31.3 Å². The summed E-state index contributed by atoms with van der Waals surface area (Å²) in [6.45, 7) is 3.23. The number of benzene rings is 2. The van der Waals surface area contributed by atoms with Crippen LogP contribution >= 0.6 is 0 Å². The highest BCUT2D eigenvalue weighted by atomic mass is 19.1. The Labute approximate surface area is 115 Å². The lowest BCUT2D eigenvalue weighted by Crippen LogP contribution is -2.07. The Bertz CT molecular complexity index is 638. The third kappa shape index (κ3) is 3.02. The van der Waals surface area contributed by atoms with Gasteiger partial charge in [-0.2, -0.15) is 0 Å². The Balaban J connectivity index is 2.28. The third-order valence-electron chi connectivity index (χ3n) is 3.35. The van der Waals surface area contributed by atoms with Crippen molar-refractivity contribution in [3.05, 3.63) is 70.0 Å². The average Bonchev–Trinajstić information content (AvgIpc) is 2.37. The number of rotatable bonds is 3. The minimum Gasteiger partial charge on any atom is -0.388 e. The Morgan fingerprint density at radius 3 is 2.30 bits per heavy atom. The quantitative estimate of drug-likeness (QED) is 0.901. The van der Waals surface area contributed by atoms with Gasteiger partial charge in [0, 0.05) is 18.1 Å². The van der Waals surface area contributed by atoms with Crippen molar-refractivity contribution in [2.45, 2.75) is 26.4 Å². The molecule has 0 aliphatic carbocycles. The van der Waals surface area contributed by atoms with Crippen LogP contribution in [0.1, 0.15) is 28.4 Å². The maximum absolute atomic E-state index is 13.7. The molecule has 2 aromatic rings. The molecule has 0 saturated heterocycles. The van der Waals surface area contributed by atoms with Crippen molar-refractivity contribution in [3.8, 4) is 0 Å². The standard InChI is InChI=1S/C16H15F3O/c1-9-5-12(17)4-3-11(9)7-16(20)13-6-10(2)14(18)8-15(13)19/h3-6,8,16,20H,7H2,1-2H3. The molecule has 0 fully saturated rings. The molecule has 0 heterocycles. The fourth-order valence-corrected chi connectivity index (χ4v) is 2.14. The van der Waals surface area contributed by atoms with Crippen LogP contribution < -0.4 is 0 Å². The first kappa shape index (κ1) is 14.6. The Hall–Kier alpha value is -1.81. The summed E-state index contributed by atoms with van der Waals surface area (Å²) in [5.41, 5.74) is 1.73. The summed E-state index contributed by atoms with van der Waals surface area (Å²) < 4.78 is 39.9. The molecule has 0 amide bonds. The predicted molar refractivity (Wildman–Crippen MR) is 70.9 cm³/mol. The molecule has 1 unspecified atom stereocenters. The fourth-order valence-electron chi connectivity index (χ4n) is 2.14. The van der Waals surface area contributed by atoms with Crippen molar-refractivity contribution < 1.29 is 18.3 Å². The molecule has 20 heavy (non-hydrogen) atoms. The zero-order chi connectivity index (χ0) is 14.9. The topological polar surface area (TPSA) is 20.2 Å². The van der Waals surface area contributed by atoms with E-state index in [1.165, 1.54) is 25.1 Å². The molecule has 4 heteroatoms. The molecule has 2 aromatic carbocycles. The number of aliphatic hydroxyl groups excluding tert-OH is 1. The molecular weight excluding hydrogens is 265 g/mol. The summed E-state index contributed by atoms with van der Waals surface area (Å²) in [4.78, 5) is 0. The predicted octanol–water partition coefficient (Wildman–Crippen LogP) is 4.00. The minimum atomic E-state index is -1.10. The lowest BCUT2D eigenvalue weighted by molar-refractivity contribution is 0.173. The van der Waals surface area contributed by atoms with Crippen molar-refractivity contribution in [2.24, 2.45) is 0 Å². The van der Waals surface area contributed by atoms with E-state index in [9.17, 15) is 18.3 Å². The molecule has 1 N–H and O–H groups in total. The van der Waals surface area contributed by atoms with E-state index in [1.54, 1.807) is 13.0 Å². The van der Waals surface area contributed by atoms with Crippen molar-refractivity contribution in [3.63, 3.8) is 0 Å². The van der Waals surface area contributed by atoms with Crippen molar-refractivity contribution in [1.29, 1.82) is 0 Å². The second kappa shape index (κ2) is 5.67. The number of aryl methyl sites for hydroxylation is 2. The Morgan fingerprint density at radius 2 is 1.65 bits per heavy atom. The van der Waals surface area contributed by atoms with E-state index in [1.807, 2.05) is 0 Å². The van der Waals surface area contributed by atoms with Gasteiger partial charge in [-0.15, -0.1) is 0 Å². The Kier molecular flexibility index (Phi) is 4.14. The number of halogens is 3. The van der Waals surface area contributed by atoms with Crippen LogP contribution in [0.15, 0.2) is 30.3 Å². The first-order valence-corrected chi connectivity index (χ1v) is 6.27. The van der Waals surface area contributed by atoms with Gasteiger partial charge in [0.15, 0.2) is 0 Å². The summed E-state index contributed by atoms with van der Waals surface area (Å²) in [7, 11) is 0. The van der Waals surface area contributed by atoms with Gasteiger partial charge in [0.25, 0.3) is 0 Å². The van der Waals surface area contributed by atoms with Crippen LogP contribution in [-0.2, 0) is 6.42 Å². The summed E-state index contributed by atoms with van der Waals surface area (Å²) in [6, 6.07) is 6.28. The second-order valence-electron chi connectivity index (χ2n) is 4.91. The van der Waals surface area contributed by atoms with Crippen LogP contribution in [0.3, 0.4) is 0 Å². The SMILES string of the molecule is Cc1cc(C(O)Cc2ccc(F)cc2C)c(F)cc1F. The Morgan fingerprint density at radius 1 is 0.950 bits per heavy atom. The number of hydrogen-bond donors (Lipinski definition) is 1. The summed E-state index contributed by atoms with van der Waals surface area (Å²) in [5, 5.41) is 10.1. The van der Waals surface area contributed by atoms with Gasteiger partial charge in [-0.1, -0.05) is 6.07 Å². The molecule has 0 aromatic heterocycles. The van der Waals surface area contributed by atoms with Crippen LogP contribution in [0.25, 0.3) is 0 Å². The van der Waals surface area contributed by atoms with E-state index < -0.39 is 17.7 Å². The van der Waals surface area contributed by atoms with E-state index in [0.717, 1.165) is 11.6 Å². The van der Waals surface area contributed by atoms with E-state index in [-0.39, 0.29) is 23.4 Å². The highest BCUT2D eigenvalue weighted by Crippen LogP contribution is 2.25. The molecule has 0 aliphatic rings. The smallest absolute Gasteiger partial charge is 0.131 e. The molecule has 0 spiro atoms. The maximum Gasteiger partial charge on any atom is 0.131 e. The molecule has 0 aliphatic heterocycles. The summed E-state index contributed by atoms with van der Waals surface area (Å²) in [6.07, 6.45) is -0.952. The van der Waals surface area contributed by atoms with Crippen LogP contribution in [-0.4, -0.2) is 5.11 Å². The average molecular weight is 280 g/mol. The van der Waals surface area contributed by atoms with Crippen molar-refractivity contribution >= 4 is 0 Å². The van der Waals surface area contributed by atoms with Crippen LogP contribution in [0.5, 0.6) is 0 Å². The van der Waals surface area contributed by atoms with E-state index in [0.29, 0.717) is 5.56 Å². The largest absolute Gasteiger partial charge is 0.388 e. The molecule has 0 radical (unpaired) electrons. The molecule has 2 rings (SSSR count). The summed E-state index contributed by atoms with van der Waals surface area (Å²) >= 11 is 0. The molecular formula is C16H15F3O. The number of hydrogen-bond acceptors (Lipinski definition) is 1. The van der Waals surface area contributed by atoms with Gasteiger partial charge in [-0.05, 0) is 48.7 Å². The van der Waals surface area contributed by atoms with Gasteiger partial charge in [0.1, 0.15) is 17.5 Å². The van der Waals surface area contributed by atoms with Gasteiger partial charge < -0.3 is 5.11 Å². The molecule has 1 atom stereocenters. The monoisotopic (exact) mass is 280 g/mol. The fraction of sp³-hybridized carbons (Fsp3) is 0.250. The van der Waals surface area contributed by atoms with Gasteiger partial charge in [0.2, 0.25) is 0 Å². The minimum absolute atomic E-state index is 0.0487. The van der Waals surface area contributed by atoms with Gasteiger partial charge in [-0.25, -0.2) is 13.2 Å². The van der Waals surface area contributed by atoms with Crippen LogP contribution in [0.2, 0.25) is 0 Å². The van der Waals surface area contributed by atoms with E-state index in [2.05, 4.69) is 0 Å². The first-order chi connectivity index (χ1) is 9.38. The van der Waals surface area contributed by atoms with Crippen molar-refractivity contribution in [2.75, 3.05) is 0 Å². The molecule has 0 bridgehead atoms. The summed E-state index contributed by atoms with van der Waals surface area (Å²) in [5.74, 6) is -1.78. The first-order valence-electron chi connectivity index (χ1n) is 6.27. The zero-order valence-corrected chi connectivity index (χ0v) is 11.3. The molecule has 0 saturated carbocycles. The van der Waals surface area contributed by atoms with Crippen LogP contribution in [0.4, 0.5) is 13.2 Å². The normalized spacial score (nSPS) is 12.5. The molecule has 106 valence electrons. The lowest BCUT2D eigenvalue weighted by Gasteiger charge is -2.15. The highest BCUT2D eigenvalue weighted by Gasteiger charge is 2.16. The highest BCUT2D eigenvalue weighted by molar-refractivity contribution is 5.31. The van der Waals surface area contributed by atoms with Gasteiger partial charge >= 0.3 is 0 Å². The number of aliphatic hydroxyl groups is 1. The maximum atomic E-state index is 13.7. The van der Waals surface area contributed by atoms with E-state index in [4.69, 9.17) is 0 Å². The zero-order valence-electron chi connectivity index (χ0n) is 11.3. The lowest BCUT2D eigenvalue weighted by atomic mass is 9.96. The molecule has 1 nitrogen and oxygen atoms in total.